The average Bonchev–Trinajstić information content (AvgIpc) is 2.15. The molecule has 0 aliphatic carbocycles. The van der Waals surface area contributed by atoms with Crippen molar-refractivity contribution in [1.29, 1.82) is 0 Å². The van der Waals surface area contributed by atoms with Crippen LogP contribution in [0.15, 0.2) is 0 Å². The second-order valence-electron chi connectivity index (χ2n) is 4.84. The quantitative estimate of drug-likeness (QED) is 0.698. The maximum atomic E-state index is 11.7. The predicted molar refractivity (Wildman–Crippen MR) is 56.3 cm³/mol. The van der Waals surface area contributed by atoms with Crippen LogP contribution in [0.1, 0.15) is 33.1 Å². The van der Waals surface area contributed by atoms with Gasteiger partial charge in [-0.3, -0.25) is 4.79 Å². The van der Waals surface area contributed by atoms with E-state index in [0.29, 0.717) is 13.1 Å². The van der Waals surface area contributed by atoms with Crippen LogP contribution in [-0.4, -0.2) is 40.9 Å². The van der Waals surface area contributed by atoms with Crippen molar-refractivity contribution in [1.82, 2.24) is 4.90 Å². The molecule has 0 unspecified atom stereocenters. The van der Waals surface area contributed by atoms with Gasteiger partial charge in [-0.2, -0.15) is 0 Å². The van der Waals surface area contributed by atoms with Crippen molar-refractivity contribution in [3.05, 3.63) is 0 Å². The van der Waals surface area contributed by atoms with Gasteiger partial charge in [-0.15, -0.1) is 0 Å². The Morgan fingerprint density at radius 1 is 1.47 bits per heavy atom. The summed E-state index contributed by atoms with van der Waals surface area (Å²) in [6.45, 7) is 4.53. The van der Waals surface area contributed by atoms with Gasteiger partial charge < -0.3 is 14.8 Å². The molecule has 1 aliphatic rings. The Bertz CT molecular complexity index is 237. The third kappa shape index (κ3) is 4.00. The fraction of sp³-hybridized carbons (Fsp3) is 0.818. The molecule has 1 amide bonds. The number of rotatable bonds is 3. The van der Waals surface area contributed by atoms with Gasteiger partial charge in [0, 0.05) is 19.0 Å². The highest BCUT2D eigenvalue weighted by Gasteiger charge is 2.26. The molecule has 1 N–H and O–H groups in total. The number of amides is 1. The van der Waals surface area contributed by atoms with Crippen molar-refractivity contribution in [2.45, 2.75) is 38.7 Å². The molecule has 1 heterocycles. The molecule has 0 saturated carbocycles. The van der Waals surface area contributed by atoms with E-state index in [1.54, 1.807) is 18.7 Å². The Kier molecular flexibility index (Phi) is 3.85. The minimum atomic E-state index is -0.946. The Morgan fingerprint density at radius 3 is 2.40 bits per heavy atom. The number of likely N-dealkylation sites (tertiary alicyclic amines) is 1. The molecule has 0 aromatic carbocycles. The van der Waals surface area contributed by atoms with Gasteiger partial charge >= 0.3 is 0 Å². The minimum absolute atomic E-state index is 0.0214. The van der Waals surface area contributed by atoms with Gasteiger partial charge in [-0.25, -0.2) is 0 Å². The zero-order valence-corrected chi connectivity index (χ0v) is 9.40. The number of piperidine rings is 1. The first-order valence-electron chi connectivity index (χ1n) is 5.38. The molecular formula is C11H19NO3. The predicted octanol–water partition coefficient (Wildman–Crippen LogP) is 0.585. The molecule has 15 heavy (non-hydrogen) atoms. The van der Waals surface area contributed by atoms with E-state index in [1.165, 1.54) is 0 Å². The molecule has 1 aliphatic heterocycles. The van der Waals surface area contributed by atoms with Crippen LogP contribution in [0.5, 0.6) is 0 Å². The Labute approximate surface area is 90.3 Å². The number of carbonyl (C=O) groups is 2. The van der Waals surface area contributed by atoms with Crippen LogP contribution in [-0.2, 0) is 9.59 Å². The molecule has 0 aromatic heterocycles. The van der Waals surface area contributed by atoms with Crippen molar-refractivity contribution in [2.75, 3.05) is 13.1 Å². The zero-order chi connectivity index (χ0) is 11.5. The molecule has 4 nitrogen and oxygen atoms in total. The number of aldehydes is 1. The lowest BCUT2D eigenvalue weighted by atomic mass is 9.97. The molecule has 0 aromatic rings. The van der Waals surface area contributed by atoms with E-state index in [1.807, 2.05) is 0 Å². The number of nitrogens with zero attached hydrogens (tertiary/aromatic N) is 1. The van der Waals surface area contributed by atoms with Crippen molar-refractivity contribution in [3.63, 3.8) is 0 Å². The first-order valence-corrected chi connectivity index (χ1v) is 5.38. The van der Waals surface area contributed by atoms with Crippen LogP contribution in [0.2, 0.25) is 0 Å². The molecule has 0 bridgehead atoms. The molecular weight excluding hydrogens is 194 g/mol. The molecule has 1 saturated heterocycles. The summed E-state index contributed by atoms with van der Waals surface area (Å²) in [5.41, 5.74) is -0.946. The fourth-order valence-corrected chi connectivity index (χ4v) is 1.77. The van der Waals surface area contributed by atoms with E-state index >= 15 is 0 Å². The lowest BCUT2D eigenvalue weighted by Gasteiger charge is -2.31. The highest BCUT2D eigenvalue weighted by atomic mass is 16.3. The molecule has 0 radical (unpaired) electrons. The topological polar surface area (TPSA) is 57.6 Å². The summed E-state index contributed by atoms with van der Waals surface area (Å²) in [4.78, 5) is 23.9. The van der Waals surface area contributed by atoms with Crippen LogP contribution in [0.3, 0.4) is 0 Å². The summed E-state index contributed by atoms with van der Waals surface area (Å²) in [5.74, 6) is 0.0861. The Balaban J connectivity index is 2.40. The highest BCUT2D eigenvalue weighted by Crippen LogP contribution is 2.17. The number of aliphatic hydroxyl groups is 1. The third-order valence-electron chi connectivity index (χ3n) is 2.67. The SMILES string of the molecule is CC(C)(O)CC(=O)N1CCC(C=O)CC1. The first kappa shape index (κ1) is 12.2. The van der Waals surface area contributed by atoms with E-state index < -0.39 is 5.60 Å². The van der Waals surface area contributed by atoms with E-state index in [4.69, 9.17) is 0 Å². The smallest absolute Gasteiger partial charge is 0.225 e. The second-order valence-corrected chi connectivity index (χ2v) is 4.84. The van der Waals surface area contributed by atoms with Crippen molar-refractivity contribution >= 4 is 12.2 Å². The van der Waals surface area contributed by atoms with Gasteiger partial charge in [0.1, 0.15) is 6.29 Å². The maximum absolute atomic E-state index is 11.7. The number of carbonyl (C=O) groups excluding carboxylic acids is 2. The largest absolute Gasteiger partial charge is 0.390 e. The summed E-state index contributed by atoms with van der Waals surface area (Å²) in [5, 5.41) is 9.51. The van der Waals surface area contributed by atoms with Crippen LogP contribution < -0.4 is 0 Å². The minimum Gasteiger partial charge on any atom is -0.390 e. The van der Waals surface area contributed by atoms with Gasteiger partial charge in [-0.1, -0.05) is 0 Å². The summed E-state index contributed by atoms with van der Waals surface area (Å²) in [6.07, 6.45) is 2.62. The third-order valence-corrected chi connectivity index (χ3v) is 2.67. The summed E-state index contributed by atoms with van der Waals surface area (Å²) in [7, 11) is 0. The lowest BCUT2D eigenvalue weighted by Crippen LogP contribution is -2.41. The second kappa shape index (κ2) is 4.75. The molecule has 1 rings (SSSR count). The highest BCUT2D eigenvalue weighted by molar-refractivity contribution is 5.77. The standard InChI is InChI=1S/C11H19NO3/c1-11(2,15)7-10(14)12-5-3-9(8-13)4-6-12/h8-9,15H,3-7H2,1-2H3. The lowest BCUT2D eigenvalue weighted by molar-refractivity contribution is -0.137. The van der Waals surface area contributed by atoms with Gasteiger partial charge in [0.2, 0.25) is 5.91 Å². The van der Waals surface area contributed by atoms with Crippen LogP contribution in [0.25, 0.3) is 0 Å². The van der Waals surface area contributed by atoms with Crippen LogP contribution in [0.4, 0.5) is 0 Å². The Morgan fingerprint density at radius 2 is 2.00 bits per heavy atom. The molecule has 1 fully saturated rings. The van der Waals surface area contributed by atoms with E-state index in [2.05, 4.69) is 0 Å². The van der Waals surface area contributed by atoms with Crippen molar-refractivity contribution < 1.29 is 14.7 Å². The van der Waals surface area contributed by atoms with E-state index in [9.17, 15) is 14.7 Å². The van der Waals surface area contributed by atoms with Gasteiger partial charge in [0.15, 0.2) is 0 Å². The van der Waals surface area contributed by atoms with E-state index in [0.717, 1.165) is 19.1 Å². The summed E-state index contributed by atoms with van der Waals surface area (Å²) < 4.78 is 0. The van der Waals surface area contributed by atoms with Crippen molar-refractivity contribution in [2.24, 2.45) is 5.92 Å². The van der Waals surface area contributed by atoms with Crippen molar-refractivity contribution in [3.8, 4) is 0 Å². The summed E-state index contributed by atoms with van der Waals surface area (Å²) >= 11 is 0. The monoisotopic (exact) mass is 213 g/mol. The normalized spacial score (nSPS) is 19.0. The van der Waals surface area contributed by atoms with Crippen LogP contribution >= 0.6 is 0 Å². The zero-order valence-electron chi connectivity index (χ0n) is 9.40. The number of hydrogen-bond acceptors (Lipinski definition) is 3. The molecule has 4 heteroatoms. The Hall–Kier alpha value is -0.900. The molecule has 0 atom stereocenters. The molecule has 86 valence electrons. The average molecular weight is 213 g/mol. The first-order chi connectivity index (χ1) is 6.92. The van der Waals surface area contributed by atoms with Gasteiger partial charge in [0.25, 0.3) is 0 Å². The maximum Gasteiger partial charge on any atom is 0.225 e. The van der Waals surface area contributed by atoms with E-state index in [-0.39, 0.29) is 18.2 Å². The summed E-state index contributed by atoms with van der Waals surface area (Å²) in [6, 6.07) is 0. The van der Waals surface area contributed by atoms with Crippen LogP contribution in [0, 0.1) is 5.92 Å². The van der Waals surface area contributed by atoms with Gasteiger partial charge in [-0.05, 0) is 26.7 Å². The number of hydrogen-bond donors (Lipinski definition) is 1. The molecule has 0 spiro atoms. The van der Waals surface area contributed by atoms with Gasteiger partial charge in [0.05, 0.1) is 12.0 Å². The fourth-order valence-electron chi connectivity index (χ4n) is 1.77.